The maximum Gasteiger partial charge on any atom is 0.315 e. The predicted molar refractivity (Wildman–Crippen MR) is 47.9 cm³/mol. The van der Waals surface area contributed by atoms with Crippen LogP contribution in [0.1, 0.15) is 6.92 Å². The lowest BCUT2D eigenvalue weighted by molar-refractivity contribution is -0.137. The summed E-state index contributed by atoms with van der Waals surface area (Å²) in [6.45, 7) is 4.00. The fourth-order valence-corrected chi connectivity index (χ4v) is 1.25. The number of thioether (sulfide) groups is 1. The number of ether oxygens (including phenoxy) is 1. The first kappa shape index (κ1) is 10.8. The van der Waals surface area contributed by atoms with Gasteiger partial charge in [0, 0.05) is 12.3 Å². The minimum atomic E-state index is -0.147. The molecule has 11 heavy (non-hydrogen) atoms. The fourth-order valence-electron chi connectivity index (χ4n) is 0.536. The van der Waals surface area contributed by atoms with E-state index in [1.807, 2.05) is 0 Å². The van der Waals surface area contributed by atoms with Crippen molar-refractivity contribution in [3.63, 3.8) is 0 Å². The molecule has 66 valence electrons. The molecule has 3 nitrogen and oxygen atoms in total. The second kappa shape index (κ2) is 7.88. The highest BCUT2D eigenvalue weighted by Gasteiger charge is 1.97. The van der Waals surface area contributed by atoms with Crippen LogP contribution in [-0.4, -0.2) is 37.7 Å². The third kappa shape index (κ3) is 7.68. The Morgan fingerprint density at radius 1 is 1.64 bits per heavy atom. The molecule has 0 amide bonds. The van der Waals surface area contributed by atoms with Gasteiger partial charge < -0.3 is 10.1 Å². The lowest BCUT2D eigenvalue weighted by atomic mass is 10.7. The van der Waals surface area contributed by atoms with E-state index in [0.717, 1.165) is 18.8 Å². The van der Waals surface area contributed by atoms with Crippen molar-refractivity contribution in [2.45, 2.75) is 6.92 Å². The molecule has 0 radical (unpaired) electrons. The molecule has 0 atom stereocenters. The summed E-state index contributed by atoms with van der Waals surface area (Å²) in [5.74, 6) is 1.27. The van der Waals surface area contributed by atoms with Crippen molar-refractivity contribution in [2.75, 3.05) is 31.7 Å². The molecular weight excluding hydrogens is 162 g/mol. The molecule has 0 aliphatic rings. The minimum Gasteiger partial charge on any atom is -0.468 e. The molecule has 1 N–H and O–H groups in total. The molecule has 0 spiro atoms. The van der Waals surface area contributed by atoms with Gasteiger partial charge in [0.25, 0.3) is 0 Å². The van der Waals surface area contributed by atoms with E-state index in [1.54, 1.807) is 11.8 Å². The van der Waals surface area contributed by atoms with Crippen molar-refractivity contribution in [1.82, 2.24) is 5.32 Å². The van der Waals surface area contributed by atoms with Gasteiger partial charge in [-0.1, -0.05) is 6.92 Å². The minimum absolute atomic E-state index is 0.147. The Kier molecular flexibility index (Phi) is 7.72. The highest BCUT2D eigenvalue weighted by Crippen LogP contribution is 1.97. The number of esters is 1. The molecule has 0 aliphatic heterocycles. The highest BCUT2D eigenvalue weighted by atomic mass is 32.2. The number of hydrogen-bond donors (Lipinski definition) is 1. The van der Waals surface area contributed by atoms with Crippen molar-refractivity contribution in [3.8, 4) is 0 Å². The molecule has 0 unspecified atom stereocenters. The Hall–Kier alpha value is -0.220. The molecule has 4 heteroatoms. The number of carbonyl (C=O) groups excluding carboxylic acids is 1. The van der Waals surface area contributed by atoms with Gasteiger partial charge >= 0.3 is 5.97 Å². The Bertz CT molecular complexity index is 109. The average molecular weight is 177 g/mol. The predicted octanol–water partition coefficient (Wildman–Crippen LogP) is 0.502. The Labute approximate surface area is 71.9 Å². The van der Waals surface area contributed by atoms with Crippen LogP contribution in [0.3, 0.4) is 0 Å². The average Bonchev–Trinajstić information content (AvgIpc) is 2.04. The van der Waals surface area contributed by atoms with E-state index in [2.05, 4.69) is 17.0 Å². The molecule has 0 rings (SSSR count). The fraction of sp³-hybridized carbons (Fsp3) is 0.857. The van der Waals surface area contributed by atoms with Gasteiger partial charge in [-0.2, -0.15) is 0 Å². The third-order valence-electron chi connectivity index (χ3n) is 1.12. The van der Waals surface area contributed by atoms with Gasteiger partial charge in [-0.25, -0.2) is 0 Å². The molecule has 0 heterocycles. The summed E-state index contributed by atoms with van der Waals surface area (Å²) in [4.78, 5) is 10.6. The number of rotatable bonds is 6. The summed E-state index contributed by atoms with van der Waals surface area (Å²) in [6, 6.07) is 0. The van der Waals surface area contributed by atoms with Crippen molar-refractivity contribution >= 4 is 17.7 Å². The first-order valence-electron chi connectivity index (χ1n) is 3.66. The van der Waals surface area contributed by atoms with Gasteiger partial charge in [0.1, 0.15) is 0 Å². The summed E-state index contributed by atoms with van der Waals surface area (Å²) < 4.78 is 4.48. The standard InChI is InChI=1S/C7H15NO2S/c1-3-8-4-5-11-6-7(9)10-2/h8H,3-6H2,1-2H3. The van der Waals surface area contributed by atoms with E-state index in [-0.39, 0.29) is 5.97 Å². The molecule has 0 saturated carbocycles. The van der Waals surface area contributed by atoms with E-state index >= 15 is 0 Å². The van der Waals surface area contributed by atoms with Crippen LogP contribution in [0, 0.1) is 0 Å². The van der Waals surface area contributed by atoms with Gasteiger partial charge in [0.2, 0.25) is 0 Å². The Morgan fingerprint density at radius 2 is 2.36 bits per heavy atom. The van der Waals surface area contributed by atoms with Gasteiger partial charge in [-0.3, -0.25) is 4.79 Å². The summed E-state index contributed by atoms with van der Waals surface area (Å²) in [5, 5.41) is 3.17. The largest absolute Gasteiger partial charge is 0.468 e. The zero-order valence-electron chi connectivity index (χ0n) is 7.05. The van der Waals surface area contributed by atoms with E-state index < -0.39 is 0 Å². The van der Waals surface area contributed by atoms with Gasteiger partial charge in [-0.05, 0) is 6.54 Å². The molecule has 0 aliphatic carbocycles. The molecule has 0 aromatic heterocycles. The second-order valence-corrected chi connectivity index (χ2v) is 3.09. The van der Waals surface area contributed by atoms with Crippen molar-refractivity contribution < 1.29 is 9.53 Å². The zero-order valence-corrected chi connectivity index (χ0v) is 7.87. The monoisotopic (exact) mass is 177 g/mol. The number of carbonyl (C=O) groups is 1. The molecule has 0 aromatic rings. The quantitative estimate of drug-likeness (QED) is 0.474. The summed E-state index contributed by atoms with van der Waals surface area (Å²) in [5.41, 5.74) is 0. The van der Waals surface area contributed by atoms with Crippen LogP contribution in [0.15, 0.2) is 0 Å². The lowest BCUT2D eigenvalue weighted by Crippen LogP contribution is -2.16. The molecular formula is C7H15NO2S. The van der Waals surface area contributed by atoms with Gasteiger partial charge in [0.15, 0.2) is 0 Å². The van der Waals surface area contributed by atoms with Gasteiger partial charge in [0.05, 0.1) is 12.9 Å². The summed E-state index contributed by atoms with van der Waals surface area (Å²) >= 11 is 1.59. The van der Waals surface area contributed by atoms with Gasteiger partial charge in [-0.15, -0.1) is 11.8 Å². The van der Waals surface area contributed by atoms with Crippen LogP contribution in [-0.2, 0) is 9.53 Å². The summed E-state index contributed by atoms with van der Waals surface area (Å²) in [6.07, 6.45) is 0. The normalized spacial score (nSPS) is 9.64. The van der Waals surface area contributed by atoms with Crippen LogP contribution in [0.2, 0.25) is 0 Å². The van der Waals surface area contributed by atoms with E-state index in [9.17, 15) is 4.79 Å². The first-order chi connectivity index (χ1) is 5.31. The van der Waals surface area contributed by atoms with Crippen LogP contribution in [0.5, 0.6) is 0 Å². The maximum absolute atomic E-state index is 10.6. The molecule has 0 saturated heterocycles. The van der Waals surface area contributed by atoms with Crippen LogP contribution in [0.25, 0.3) is 0 Å². The number of methoxy groups -OCH3 is 1. The molecule has 0 bridgehead atoms. The van der Waals surface area contributed by atoms with Crippen molar-refractivity contribution in [1.29, 1.82) is 0 Å². The number of nitrogens with one attached hydrogen (secondary N) is 1. The number of hydrogen-bond acceptors (Lipinski definition) is 4. The van der Waals surface area contributed by atoms with Crippen molar-refractivity contribution in [3.05, 3.63) is 0 Å². The van der Waals surface area contributed by atoms with E-state index in [1.165, 1.54) is 7.11 Å². The Morgan fingerprint density at radius 3 is 2.91 bits per heavy atom. The van der Waals surface area contributed by atoms with Crippen LogP contribution in [0.4, 0.5) is 0 Å². The van der Waals surface area contributed by atoms with Crippen molar-refractivity contribution in [2.24, 2.45) is 0 Å². The third-order valence-corrected chi connectivity index (χ3v) is 2.05. The lowest BCUT2D eigenvalue weighted by Gasteiger charge is -2.00. The molecule has 0 fully saturated rings. The molecule has 0 aromatic carbocycles. The smallest absolute Gasteiger partial charge is 0.315 e. The van der Waals surface area contributed by atoms with Crippen LogP contribution < -0.4 is 5.32 Å². The summed E-state index contributed by atoms with van der Waals surface area (Å²) in [7, 11) is 1.41. The second-order valence-electron chi connectivity index (χ2n) is 1.98. The Balaban J connectivity index is 2.95. The van der Waals surface area contributed by atoms with E-state index in [4.69, 9.17) is 0 Å². The topological polar surface area (TPSA) is 38.3 Å². The highest BCUT2D eigenvalue weighted by molar-refractivity contribution is 7.99. The van der Waals surface area contributed by atoms with E-state index in [0.29, 0.717) is 5.75 Å². The first-order valence-corrected chi connectivity index (χ1v) is 4.82. The SMILES string of the molecule is CCNCCSCC(=O)OC. The maximum atomic E-state index is 10.6. The van der Waals surface area contributed by atoms with Crippen LogP contribution >= 0.6 is 11.8 Å². The zero-order chi connectivity index (χ0) is 8.53.